The van der Waals surface area contributed by atoms with E-state index >= 15 is 0 Å². The number of rotatable bonds is 4. The fourth-order valence-corrected chi connectivity index (χ4v) is 1.83. The van der Waals surface area contributed by atoms with Crippen molar-refractivity contribution in [1.82, 2.24) is 15.3 Å². The molecule has 1 aromatic heterocycles. The second kappa shape index (κ2) is 5.51. The van der Waals surface area contributed by atoms with Crippen molar-refractivity contribution < 1.29 is 4.79 Å². The molecule has 0 radical (unpaired) electrons. The van der Waals surface area contributed by atoms with Crippen molar-refractivity contribution in [2.45, 2.75) is 6.92 Å². The summed E-state index contributed by atoms with van der Waals surface area (Å²) in [4.78, 5) is 22.1. The summed E-state index contributed by atoms with van der Waals surface area (Å²) in [5.41, 5.74) is 7.45. The molecule has 6 heteroatoms. The minimum atomic E-state index is -0.0868. The quantitative estimate of drug-likeness (QED) is 0.847. The second-order valence-electron chi connectivity index (χ2n) is 4.11. The van der Waals surface area contributed by atoms with Crippen molar-refractivity contribution in [3.05, 3.63) is 24.3 Å². The van der Waals surface area contributed by atoms with Crippen molar-refractivity contribution in [2.24, 2.45) is 0 Å². The summed E-state index contributed by atoms with van der Waals surface area (Å²) >= 11 is 0. The highest BCUT2D eigenvalue weighted by Gasteiger charge is 2.15. The van der Waals surface area contributed by atoms with Crippen molar-refractivity contribution in [3.63, 3.8) is 0 Å². The molecule has 0 spiro atoms. The maximum absolute atomic E-state index is 11.5. The van der Waals surface area contributed by atoms with Gasteiger partial charge in [0.2, 0.25) is 5.91 Å². The van der Waals surface area contributed by atoms with Gasteiger partial charge >= 0.3 is 0 Å². The first-order valence-electron chi connectivity index (χ1n) is 6.13. The van der Waals surface area contributed by atoms with Gasteiger partial charge in [0, 0.05) is 13.6 Å². The van der Waals surface area contributed by atoms with E-state index in [2.05, 4.69) is 15.3 Å². The number of nitrogens with zero attached hydrogens (tertiary/aromatic N) is 3. The van der Waals surface area contributed by atoms with Crippen molar-refractivity contribution in [1.29, 1.82) is 0 Å². The summed E-state index contributed by atoms with van der Waals surface area (Å²) in [6, 6.07) is 7.51. The highest BCUT2D eigenvalue weighted by Crippen LogP contribution is 2.21. The summed E-state index contributed by atoms with van der Waals surface area (Å²) in [6.45, 7) is 2.79. The lowest BCUT2D eigenvalue weighted by atomic mass is 10.3. The monoisotopic (exact) mass is 259 g/mol. The molecular formula is C13H17N5O. The molecule has 3 N–H and O–H groups in total. The van der Waals surface area contributed by atoms with E-state index in [0.717, 1.165) is 11.0 Å². The minimum absolute atomic E-state index is 0.0868. The zero-order chi connectivity index (χ0) is 13.8. The zero-order valence-electron chi connectivity index (χ0n) is 11.1. The summed E-state index contributed by atoms with van der Waals surface area (Å²) in [5.74, 6) is 0.797. The van der Waals surface area contributed by atoms with Crippen LogP contribution in [0.2, 0.25) is 0 Å². The molecule has 0 saturated carbocycles. The summed E-state index contributed by atoms with van der Waals surface area (Å²) < 4.78 is 0. The maximum atomic E-state index is 11.5. The first kappa shape index (κ1) is 13.1. The van der Waals surface area contributed by atoms with E-state index in [1.54, 1.807) is 11.9 Å². The van der Waals surface area contributed by atoms with E-state index in [0.29, 0.717) is 18.2 Å². The lowest BCUT2D eigenvalue weighted by Gasteiger charge is -2.22. The largest absolute Gasteiger partial charge is 0.381 e. The Hall–Kier alpha value is -2.37. The summed E-state index contributed by atoms with van der Waals surface area (Å²) in [7, 11) is 1.60. The van der Waals surface area contributed by atoms with Gasteiger partial charge in [0.05, 0.1) is 17.6 Å². The molecule has 0 bridgehead atoms. The van der Waals surface area contributed by atoms with Crippen LogP contribution in [0.5, 0.6) is 0 Å². The number of nitrogens with two attached hydrogens (primary N) is 1. The molecule has 0 saturated heterocycles. The summed E-state index contributed by atoms with van der Waals surface area (Å²) in [6.07, 6.45) is 0. The number of nitrogens with one attached hydrogen (secondary N) is 1. The van der Waals surface area contributed by atoms with Crippen LogP contribution in [0.4, 0.5) is 11.6 Å². The average molecular weight is 259 g/mol. The third kappa shape index (κ3) is 2.73. The fourth-order valence-electron chi connectivity index (χ4n) is 1.83. The van der Waals surface area contributed by atoms with Gasteiger partial charge in [-0.1, -0.05) is 12.1 Å². The number of anilines is 2. The van der Waals surface area contributed by atoms with Gasteiger partial charge in [0.25, 0.3) is 0 Å². The first-order chi connectivity index (χ1) is 9.15. The Morgan fingerprint density at radius 3 is 2.53 bits per heavy atom. The molecule has 0 unspecified atom stereocenters. The number of amides is 1. The van der Waals surface area contributed by atoms with E-state index in [1.807, 2.05) is 31.2 Å². The van der Waals surface area contributed by atoms with Crippen LogP contribution in [0.3, 0.4) is 0 Å². The number of benzene rings is 1. The number of fused-ring (bicyclic) bond motifs is 1. The van der Waals surface area contributed by atoms with Crippen LogP contribution in [0.15, 0.2) is 24.3 Å². The van der Waals surface area contributed by atoms with E-state index in [-0.39, 0.29) is 12.5 Å². The van der Waals surface area contributed by atoms with Crippen LogP contribution in [0.1, 0.15) is 6.92 Å². The maximum Gasteiger partial charge on any atom is 0.239 e. The van der Waals surface area contributed by atoms with Gasteiger partial charge in [-0.15, -0.1) is 0 Å². The molecule has 1 heterocycles. The number of aromatic nitrogens is 2. The van der Waals surface area contributed by atoms with Gasteiger partial charge in [-0.2, -0.15) is 0 Å². The van der Waals surface area contributed by atoms with Crippen molar-refractivity contribution >= 4 is 28.6 Å². The molecule has 1 aromatic carbocycles. The van der Waals surface area contributed by atoms with Gasteiger partial charge in [0.1, 0.15) is 0 Å². The Morgan fingerprint density at radius 2 is 1.95 bits per heavy atom. The standard InChI is InChI=1S/C13H17N5O/c1-3-18(8-11(19)15-2)13-12(14)16-9-6-4-5-7-10(9)17-13/h4-7H,3,8H2,1-2H3,(H2,14,16)(H,15,19). The molecule has 100 valence electrons. The third-order valence-electron chi connectivity index (χ3n) is 2.87. The van der Waals surface area contributed by atoms with Crippen LogP contribution in [0, 0.1) is 0 Å². The topological polar surface area (TPSA) is 84.1 Å². The number of carbonyl (C=O) groups is 1. The molecule has 6 nitrogen and oxygen atoms in total. The van der Waals surface area contributed by atoms with Gasteiger partial charge < -0.3 is 16.0 Å². The molecule has 0 fully saturated rings. The lowest BCUT2D eigenvalue weighted by Crippen LogP contribution is -2.36. The molecule has 2 aromatic rings. The number of hydrogen-bond acceptors (Lipinski definition) is 5. The van der Waals surface area contributed by atoms with Gasteiger partial charge in [-0.05, 0) is 19.1 Å². The van der Waals surface area contributed by atoms with Gasteiger partial charge in [-0.25, -0.2) is 9.97 Å². The Bertz CT molecular complexity index is 599. The normalized spacial score (nSPS) is 10.4. The molecule has 0 aliphatic rings. The van der Waals surface area contributed by atoms with E-state index in [4.69, 9.17) is 5.73 Å². The smallest absolute Gasteiger partial charge is 0.239 e. The van der Waals surface area contributed by atoms with Crippen LogP contribution in [-0.4, -0.2) is 36.0 Å². The molecule has 19 heavy (non-hydrogen) atoms. The zero-order valence-corrected chi connectivity index (χ0v) is 11.1. The SMILES string of the molecule is CCN(CC(=O)NC)c1nc2ccccc2nc1N. The Labute approximate surface area is 111 Å². The number of carbonyl (C=O) groups excluding carboxylic acids is 1. The molecule has 0 aliphatic carbocycles. The van der Waals surface area contributed by atoms with Gasteiger partial charge in [-0.3, -0.25) is 4.79 Å². The van der Waals surface area contributed by atoms with Crippen LogP contribution in [0.25, 0.3) is 11.0 Å². The van der Waals surface area contributed by atoms with Crippen molar-refractivity contribution in [2.75, 3.05) is 30.8 Å². The molecule has 0 aliphatic heterocycles. The predicted octanol–water partition coefficient (Wildman–Crippen LogP) is 0.784. The highest BCUT2D eigenvalue weighted by molar-refractivity contribution is 5.84. The lowest BCUT2D eigenvalue weighted by molar-refractivity contribution is -0.119. The van der Waals surface area contributed by atoms with Gasteiger partial charge in [0.15, 0.2) is 11.6 Å². The molecule has 0 atom stereocenters. The van der Waals surface area contributed by atoms with Crippen LogP contribution < -0.4 is 16.0 Å². The molecule has 2 rings (SSSR count). The van der Waals surface area contributed by atoms with E-state index in [9.17, 15) is 4.79 Å². The average Bonchev–Trinajstić information content (AvgIpc) is 2.44. The third-order valence-corrected chi connectivity index (χ3v) is 2.87. The summed E-state index contributed by atoms with van der Waals surface area (Å²) in [5, 5.41) is 2.59. The predicted molar refractivity (Wildman–Crippen MR) is 75.9 cm³/mol. The first-order valence-corrected chi connectivity index (χ1v) is 6.13. The highest BCUT2D eigenvalue weighted by atomic mass is 16.1. The Morgan fingerprint density at radius 1 is 1.32 bits per heavy atom. The molecular weight excluding hydrogens is 242 g/mol. The second-order valence-corrected chi connectivity index (χ2v) is 4.11. The Kier molecular flexibility index (Phi) is 3.79. The number of nitrogen functional groups attached to an aromatic ring is 1. The van der Waals surface area contributed by atoms with E-state index < -0.39 is 0 Å². The number of likely N-dealkylation sites (N-methyl/N-ethyl adjacent to an activating group) is 2. The molecule has 1 amide bonds. The van der Waals surface area contributed by atoms with Crippen LogP contribution >= 0.6 is 0 Å². The van der Waals surface area contributed by atoms with Crippen LogP contribution in [-0.2, 0) is 4.79 Å². The fraction of sp³-hybridized carbons (Fsp3) is 0.308. The Balaban J connectivity index is 2.41. The van der Waals surface area contributed by atoms with Crippen molar-refractivity contribution in [3.8, 4) is 0 Å². The number of para-hydroxylation sites is 2. The van der Waals surface area contributed by atoms with E-state index in [1.165, 1.54) is 0 Å². The minimum Gasteiger partial charge on any atom is -0.381 e. The number of hydrogen-bond donors (Lipinski definition) is 2.